The van der Waals surface area contributed by atoms with Gasteiger partial charge in [0.1, 0.15) is 0 Å². The first-order chi connectivity index (χ1) is 8.65. The van der Waals surface area contributed by atoms with Gasteiger partial charge in [-0.1, -0.05) is 48.9 Å². The average molecular weight is 242 g/mol. The van der Waals surface area contributed by atoms with Crippen molar-refractivity contribution in [2.45, 2.75) is 20.3 Å². The molecule has 2 rings (SSSR count). The molecule has 0 aliphatic heterocycles. The Balaban J connectivity index is 0.000000492. The van der Waals surface area contributed by atoms with Crippen molar-refractivity contribution in [3.8, 4) is 0 Å². The minimum absolute atomic E-state index is 0.750. The number of nitrogen functional groups attached to an aromatic ring is 1. The highest BCUT2D eigenvalue weighted by molar-refractivity contribution is 5.40. The van der Waals surface area contributed by atoms with E-state index in [1.807, 2.05) is 19.1 Å². The highest BCUT2D eigenvalue weighted by atomic mass is 14.5. The molecule has 0 aliphatic carbocycles. The molecular formula is C16H22N2. The van der Waals surface area contributed by atoms with E-state index in [-0.39, 0.29) is 0 Å². The Labute approximate surface area is 110 Å². The lowest BCUT2D eigenvalue weighted by molar-refractivity contribution is 1.14. The molecule has 0 saturated carbocycles. The molecule has 0 saturated heterocycles. The second kappa shape index (κ2) is 7.51. The molecular weight excluding hydrogens is 220 g/mol. The molecule has 96 valence electrons. The molecule has 0 bridgehead atoms. The van der Waals surface area contributed by atoms with Crippen LogP contribution in [0.3, 0.4) is 0 Å². The van der Waals surface area contributed by atoms with E-state index in [2.05, 4.69) is 43.3 Å². The smallest absolute Gasteiger partial charge is 0.0314 e. The molecule has 0 spiro atoms. The van der Waals surface area contributed by atoms with Crippen LogP contribution in [0.15, 0.2) is 48.5 Å². The fourth-order valence-corrected chi connectivity index (χ4v) is 1.58. The Hall–Kier alpha value is -1.80. The maximum Gasteiger partial charge on any atom is 0.0314 e. The molecule has 0 heterocycles. The van der Waals surface area contributed by atoms with E-state index in [0.717, 1.165) is 18.7 Å². The summed E-state index contributed by atoms with van der Waals surface area (Å²) in [6, 6.07) is 16.7. The monoisotopic (exact) mass is 242 g/mol. The number of hydrogen-bond acceptors (Lipinski definition) is 2. The molecule has 0 aromatic heterocycles. The number of benzene rings is 2. The molecule has 0 atom stereocenters. The topological polar surface area (TPSA) is 52.0 Å². The lowest BCUT2D eigenvalue weighted by atomic mass is 10.0. The van der Waals surface area contributed by atoms with Gasteiger partial charge in [-0.2, -0.15) is 0 Å². The van der Waals surface area contributed by atoms with Crippen molar-refractivity contribution in [1.29, 1.82) is 0 Å². The Morgan fingerprint density at radius 1 is 0.833 bits per heavy atom. The van der Waals surface area contributed by atoms with Gasteiger partial charge < -0.3 is 11.5 Å². The van der Waals surface area contributed by atoms with E-state index >= 15 is 0 Å². The molecule has 0 radical (unpaired) electrons. The van der Waals surface area contributed by atoms with Gasteiger partial charge in [0, 0.05) is 5.69 Å². The molecule has 2 aromatic rings. The zero-order valence-corrected chi connectivity index (χ0v) is 11.2. The zero-order valence-electron chi connectivity index (χ0n) is 11.2. The first-order valence-corrected chi connectivity index (χ1v) is 6.25. The van der Waals surface area contributed by atoms with Gasteiger partial charge >= 0.3 is 0 Å². The Morgan fingerprint density at radius 2 is 1.22 bits per heavy atom. The zero-order chi connectivity index (χ0) is 13.4. The van der Waals surface area contributed by atoms with Crippen LogP contribution in [-0.4, -0.2) is 6.54 Å². The van der Waals surface area contributed by atoms with Gasteiger partial charge in [-0.05, 0) is 43.1 Å². The van der Waals surface area contributed by atoms with Crippen molar-refractivity contribution < 1.29 is 0 Å². The van der Waals surface area contributed by atoms with E-state index in [0.29, 0.717) is 0 Å². The number of nitrogens with two attached hydrogens (primary N) is 2. The minimum atomic E-state index is 0.750. The van der Waals surface area contributed by atoms with Crippen LogP contribution >= 0.6 is 0 Å². The van der Waals surface area contributed by atoms with Crippen LogP contribution in [0.25, 0.3) is 0 Å². The van der Waals surface area contributed by atoms with Crippen molar-refractivity contribution in [1.82, 2.24) is 0 Å². The summed E-state index contributed by atoms with van der Waals surface area (Å²) in [5.74, 6) is 0. The maximum atomic E-state index is 5.64. The lowest BCUT2D eigenvalue weighted by Crippen LogP contribution is -1.89. The summed E-state index contributed by atoms with van der Waals surface area (Å²) in [5.41, 5.74) is 15.2. The first kappa shape index (κ1) is 14.3. The van der Waals surface area contributed by atoms with Crippen LogP contribution in [0.5, 0.6) is 0 Å². The quantitative estimate of drug-likeness (QED) is 0.795. The van der Waals surface area contributed by atoms with Gasteiger partial charge in [0.15, 0.2) is 0 Å². The van der Waals surface area contributed by atoms with Gasteiger partial charge in [-0.25, -0.2) is 0 Å². The van der Waals surface area contributed by atoms with E-state index in [4.69, 9.17) is 11.5 Å². The molecule has 2 aromatic carbocycles. The average Bonchev–Trinajstić information content (AvgIpc) is 2.36. The summed E-state index contributed by atoms with van der Waals surface area (Å²) in [5, 5.41) is 0. The van der Waals surface area contributed by atoms with Crippen molar-refractivity contribution >= 4 is 5.69 Å². The third-order valence-corrected chi connectivity index (χ3v) is 2.51. The van der Waals surface area contributed by atoms with E-state index in [1.165, 1.54) is 16.7 Å². The summed E-state index contributed by atoms with van der Waals surface area (Å²) < 4.78 is 0. The summed E-state index contributed by atoms with van der Waals surface area (Å²) in [4.78, 5) is 0. The molecule has 2 heteroatoms. The van der Waals surface area contributed by atoms with Crippen LogP contribution in [-0.2, 0) is 6.42 Å². The molecule has 0 aliphatic rings. The molecule has 0 fully saturated rings. The number of hydrogen-bond donors (Lipinski definition) is 2. The van der Waals surface area contributed by atoms with Crippen molar-refractivity contribution in [2.75, 3.05) is 12.3 Å². The van der Waals surface area contributed by atoms with Crippen molar-refractivity contribution in [2.24, 2.45) is 5.73 Å². The van der Waals surface area contributed by atoms with Crippen LogP contribution in [0.1, 0.15) is 23.6 Å². The summed E-state index contributed by atoms with van der Waals surface area (Å²) in [7, 11) is 0. The first-order valence-electron chi connectivity index (χ1n) is 6.25. The predicted octanol–water partition coefficient (Wildman–Crippen LogP) is 3.13. The van der Waals surface area contributed by atoms with Crippen LogP contribution in [0.2, 0.25) is 0 Å². The second-order valence-corrected chi connectivity index (χ2v) is 4.31. The standard InChI is InChI=1S/C14H15N.C2H7N/c1-11-2-4-12(5-3-11)10-13-6-8-14(15)9-7-13;1-2-3/h2-9H,10,15H2,1H3;2-3H2,1H3. The Morgan fingerprint density at radius 3 is 1.67 bits per heavy atom. The predicted molar refractivity (Wildman–Crippen MR) is 79.6 cm³/mol. The molecule has 0 amide bonds. The Kier molecular flexibility index (Phi) is 5.95. The van der Waals surface area contributed by atoms with E-state index in [1.54, 1.807) is 0 Å². The fourth-order valence-electron chi connectivity index (χ4n) is 1.58. The van der Waals surface area contributed by atoms with Gasteiger partial charge in [0.05, 0.1) is 0 Å². The molecule has 0 unspecified atom stereocenters. The largest absolute Gasteiger partial charge is 0.399 e. The van der Waals surface area contributed by atoms with Crippen molar-refractivity contribution in [3.63, 3.8) is 0 Å². The molecule has 4 N–H and O–H groups in total. The normalized spacial score (nSPS) is 9.50. The molecule has 18 heavy (non-hydrogen) atoms. The Bertz CT molecular complexity index is 400. The summed E-state index contributed by atoms with van der Waals surface area (Å²) >= 11 is 0. The molecule has 2 nitrogen and oxygen atoms in total. The SMILES string of the molecule is CCN.Cc1ccc(Cc2ccc(N)cc2)cc1. The van der Waals surface area contributed by atoms with Crippen LogP contribution < -0.4 is 11.5 Å². The third-order valence-electron chi connectivity index (χ3n) is 2.51. The second-order valence-electron chi connectivity index (χ2n) is 4.31. The summed E-state index contributed by atoms with van der Waals surface area (Å²) in [6.45, 7) is 4.76. The van der Waals surface area contributed by atoms with E-state index in [9.17, 15) is 0 Å². The number of rotatable bonds is 2. The van der Waals surface area contributed by atoms with Gasteiger partial charge in [-0.3, -0.25) is 0 Å². The van der Waals surface area contributed by atoms with Gasteiger partial charge in [0.2, 0.25) is 0 Å². The maximum absolute atomic E-state index is 5.64. The number of aryl methyl sites for hydroxylation is 1. The van der Waals surface area contributed by atoms with Gasteiger partial charge in [0.25, 0.3) is 0 Å². The lowest BCUT2D eigenvalue weighted by Gasteiger charge is -2.02. The third kappa shape index (κ3) is 5.02. The van der Waals surface area contributed by atoms with Gasteiger partial charge in [-0.15, -0.1) is 0 Å². The fraction of sp³-hybridized carbons (Fsp3) is 0.250. The van der Waals surface area contributed by atoms with Crippen LogP contribution in [0.4, 0.5) is 5.69 Å². The summed E-state index contributed by atoms with van der Waals surface area (Å²) in [6.07, 6.45) is 0.973. The van der Waals surface area contributed by atoms with E-state index < -0.39 is 0 Å². The van der Waals surface area contributed by atoms with Crippen LogP contribution in [0, 0.1) is 6.92 Å². The van der Waals surface area contributed by atoms with Crippen molar-refractivity contribution in [3.05, 3.63) is 65.2 Å². The highest BCUT2D eigenvalue weighted by Crippen LogP contribution is 2.12. The number of anilines is 1. The highest BCUT2D eigenvalue weighted by Gasteiger charge is 1.95. The minimum Gasteiger partial charge on any atom is -0.399 e.